The Labute approximate surface area is 214 Å². The second kappa shape index (κ2) is 11.1. The van der Waals surface area contributed by atoms with Gasteiger partial charge in [-0.3, -0.25) is 18.5 Å². The molecule has 0 unspecified atom stereocenters. The summed E-state index contributed by atoms with van der Waals surface area (Å²) in [5.74, 6) is -0.490. The molecule has 2 heterocycles. The Morgan fingerprint density at radius 3 is 2.39 bits per heavy atom. The number of halogens is 3. The van der Waals surface area contributed by atoms with Gasteiger partial charge >= 0.3 is 18.1 Å². The van der Waals surface area contributed by atoms with Crippen LogP contribution in [-0.2, 0) is 24.9 Å². The van der Waals surface area contributed by atoms with Crippen LogP contribution in [0.15, 0.2) is 58.1 Å². The van der Waals surface area contributed by atoms with E-state index in [-0.39, 0.29) is 49.2 Å². The molecule has 0 amide bonds. The molecule has 0 bridgehead atoms. The minimum atomic E-state index is -4.88. The summed E-state index contributed by atoms with van der Waals surface area (Å²) in [5, 5.41) is 0. The quantitative estimate of drug-likeness (QED) is 0.312. The summed E-state index contributed by atoms with van der Waals surface area (Å²) in [4.78, 5) is 30.8. The Balaban J connectivity index is 1.83. The maximum absolute atomic E-state index is 13.5. The fourth-order valence-electron chi connectivity index (χ4n) is 3.83. The number of imidazole rings is 1. The van der Waals surface area contributed by atoms with Crippen LogP contribution in [0.5, 0.6) is 17.5 Å². The fraction of sp³-hybridized carbons (Fsp3) is 0.320. The summed E-state index contributed by atoms with van der Waals surface area (Å²) < 4.78 is 57.0. The average molecular weight is 534 g/mol. The number of aryl methyl sites for hydroxylation is 2. The number of nitrogens with two attached hydrogens (primary N) is 1. The van der Waals surface area contributed by atoms with Gasteiger partial charge in [-0.1, -0.05) is 35.9 Å². The number of nitrogens with zero attached hydrogens (tertiary/aromatic N) is 4. The number of rotatable bonds is 10. The van der Waals surface area contributed by atoms with Crippen molar-refractivity contribution in [3.63, 3.8) is 0 Å². The van der Waals surface area contributed by atoms with Gasteiger partial charge in [-0.15, -0.1) is 13.2 Å². The maximum atomic E-state index is 13.5. The lowest BCUT2D eigenvalue weighted by atomic mass is 10.1. The topological polar surface area (TPSA) is 116 Å². The molecule has 10 nitrogen and oxygen atoms in total. The van der Waals surface area contributed by atoms with Gasteiger partial charge in [0.05, 0.1) is 26.3 Å². The van der Waals surface area contributed by atoms with Crippen molar-refractivity contribution in [3.8, 4) is 17.5 Å². The molecule has 13 heteroatoms. The van der Waals surface area contributed by atoms with Gasteiger partial charge in [0.15, 0.2) is 11.2 Å². The first-order chi connectivity index (χ1) is 18.1. The molecule has 38 heavy (non-hydrogen) atoms. The van der Waals surface area contributed by atoms with E-state index in [1.54, 1.807) is 0 Å². The SMILES string of the molecule is Cc1ccc(Cn2c(Oc3cccc(OC(F)(F)F)c3)nc3c2c(=O)n(CCOCCN)c(=O)n3C)cc1. The van der Waals surface area contributed by atoms with Crippen LogP contribution in [0.2, 0.25) is 0 Å². The van der Waals surface area contributed by atoms with E-state index in [4.69, 9.17) is 15.2 Å². The summed E-state index contributed by atoms with van der Waals surface area (Å²) in [6.45, 7) is 2.73. The molecule has 0 aliphatic rings. The highest BCUT2D eigenvalue weighted by atomic mass is 19.4. The van der Waals surface area contributed by atoms with Crippen LogP contribution in [0.3, 0.4) is 0 Å². The van der Waals surface area contributed by atoms with E-state index in [9.17, 15) is 22.8 Å². The molecule has 202 valence electrons. The predicted molar refractivity (Wildman–Crippen MR) is 133 cm³/mol. The predicted octanol–water partition coefficient (Wildman–Crippen LogP) is 2.92. The Hall–Kier alpha value is -4.10. The minimum absolute atomic E-state index is 0.00674. The number of fused-ring (bicyclic) bond motifs is 1. The van der Waals surface area contributed by atoms with E-state index in [1.807, 2.05) is 31.2 Å². The first-order valence-corrected chi connectivity index (χ1v) is 11.6. The largest absolute Gasteiger partial charge is 0.573 e. The van der Waals surface area contributed by atoms with Crippen molar-refractivity contribution < 1.29 is 27.4 Å². The molecule has 0 fully saturated rings. The molecule has 4 rings (SSSR count). The Bertz CT molecular complexity index is 1540. The number of hydrogen-bond acceptors (Lipinski definition) is 7. The van der Waals surface area contributed by atoms with Crippen molar-refractivity contribution in [2.45, 2.75) is 26.4 Å². The van der Waals surface area contributed by atoms with Crippen LogP contribution in [-0.4, -0.2) is 44.8 Å². The molecule has 0 aliphatic heterocycles. The van der Waals surface area contributed by atoms with Crippen LogP contribution < -0.4 is 26.5 Å². The van der Waals surface area contributed by atoms with E-state index in [2.05, 4.69) is 9.72 Å². The lowest BCUT2D eigenvalue weighted by molar-refractivity contribution is -0.274. The van der Waals surface area contributed by atoms with Crippen molar-refractivity contribution in [3.05, 3.63) is 80.5 Å². The molecule has 4 aromatic rings. The second-order valence-corrected chi connectivity index (χ2v) is 8.46. The van der Waals surface area contributed by atoms with Crippen LogP contribution in [0.1, 0.15) is 11.1 Å². The Morgan fingerprint density at radius 1 is 1.00 bits per heavy atom. The second-order valence-electron chi connectivity index (χ2n) is 8.46. The van der Waals surface area contributed by atoms with E-state index in [0.717, 1.165) is 27.8 Å². The van der Waals surface area contributed by atoms with Crippen molar-refractivity contribution in [1.82, 2.24) is 18.7 Å². The number of hydrogen-bond donors (Lipinski definition) is 1. The van der Waals surface area contributed by atoms with E-state index < -0.39 is 23.4 Å². The molecule has 0 atom stereocenters. The fourth-order valence-corrected chi connectivity index (χ4v) is 3.83. The highest BCUT2D eigenvalue weighted by molar-refractivity contribution is 5.72. The van der Waals surface area contributed by atoms with Crippen LogP contribution in [0.4, 0.5) is 13.2 Å². The third kappa shape index (κ3) is 6.06. The van der Waals surface area contributed by atoms with Crippen LogP contribution in [0.25, 0.3) is 11.2 Å². The molecule has 2 aromatic carbocycles. The smallest absolute Gasteiger partial charge is 0.425 e. The third-order valence-electron chi connectivity index (χ3n) is 5.63. The van der Waals surface area contributed by atoms with E-state index in [1.165, 1.54) is 28.3 Å². The summed E-state index contributed by atoms with van der Waals surface area (Å²) in [7, 11) is 1.46. The number of alkyl halides is 3. The molecule has 0 aliphatic carbocycles. The first kappa shape index (κ1) is 26.9. The zero-order valence-corrected chi connectivity index (χ0v) is 20.7. The van der Waals surface area contributed by atoms with Gasteiger partial charge in [0, 0.05) is 19.7 Å². The van der Waals surface area contributed by atoms with Gasteiger partial charge < -0.3 is 19.9 Å². The first-order valence-electron chi connectivity index (χ1n) is 11.6. The lowest BCUT2D eigenvalue weighted by Crippen LogP contribution is -2.40. The van der Waals surface area contributed by atoms with Crippen LogP contribution in [0, 0.1) is 6.92 Å². The van der Waals surface area contributed by atoms with Crippen molar-refractivity contribution in [1.29, 1.82) is 0 Å². The summed E-state index contributed by atoms with van der Waals surface area (Å²) >= 11 is 0. The third-order valence-corrected chi connectivity index (χ3v) is 5.63. The lowest BCUT2D eigenvalue weighted by Gasteiger charge is -2.13. The Morgan fingerprint density at radius 2 is 1.71 bits per heavy atom. The van der Waals surface area contributed by atoms with Gasteiger partial charge in [-0.25, -0.2) is 4.79 Å². The molecule has 0 radical (unpaired) electrons. The molecule has 0 spiro atoms. The molecule has 2 aromatic heterocycles. The summed E-state index contributed by atoms with van der Waals surface area (Å²) in [5.41, 5.74) is 6.20. The van der Waals surface area contributed by atoms with E-state index >= 15 is 0 Å². The highest BCUT2D eigenvalue weighted by Gasteiger charge is 2.31. The maximum Gasteiger partial charge on any atom is 0.573 e. The summed E-state index contributed by atoms with van der Waals surface area (Å²) in [6, 6.07) is 12.4. The van der Waals surface area contributed by atoms with Gasteiger partial charge in [-0.05, 0) is 24.6 Å². The number of ether oxygens (including phenoxy) is 3. The molecular formula is C25H26F3N5O5. The molecule has 0 saturated heterocycles. The van der Waals surface area contributed by atoms with Gasteiger partial charge in [0.25, 0.3) is 5.56 Å². The standard InChI is InChI=1S/C25H26F3N5O5/c1-16-6-8-17(9-7-16)15-33-20-21(31(2)24(35)32(22(20)34)11-13-36-12-10-29)30-23(33)37-18-4-3-5-19(14-18)38-25(26,27)28/h3-9,14H,10-13,15,29H2,1-2H3. The molecule has 2 N–H and O–H groups in total. The Kier molecular flexibility index (Phi) is 7.88. The normalized spacial score (nSPS) is 11.7. The number of benzene rings is 2. The molecular weight excluding hydrogens is 507 g/mol. The monoisotopic (exact) mass is 533 g/mol. The van der Waals surface area contributed by atoms with E-state index in [0.29, 0.717) is 6.54 Å². The minimum Gasteiger partial charge on any atom is -0.425 e. The van der Waals surface area contributed by atoms with Gasteiger partial charge in [0.2, 0.25) is 0 Å². The average Bonchev–Trinajstić information content (AvgIpc) is 3.20. The summed E-state index contributed by atoms with van der Waals surface area (Å²) in [6.07, 6.45) is -4.88. The zero-order chi connectivity index (χ0) is 27.4. The van der Waals surface area contributed by atoms with Crippen LogP contribution >= 0.6 is 0 Å². The zero-order valence-electron chi connectivity index (χ0n) is 20.7. The van der Waals surface area contributed by atoms with Crippen molar-refractivity contribution in [2.75, 3.05) is 19.8 Å². The number of aromatic nitrogens is 4. The van der Waals surface area contributed by atoms with Crippen molar-refractivity contribution >= 4 is 11.2 Å². The highest BCUT2D eigenvalue weighted by Crippen LogP contribution is 2.30. The van der Waals surface area contributed by atoms with Gasteiger partial charge in [0.1, 0.15) is 11.5 Å². The van der Waals surface area contributed by atoms with Crippen molar-refractivity contribution in [2.24, 2.45) is 12.8 Å². The molecule has 0 saturated carbocycles. The van der Waals surface area contributed by atoms with Gasteiger partial charge in [-0.2, -0.15) is 4.98 Å².